The van der Waals surface area contributed by atoms with Gasteiger partial charge in [0.05, 0.1) is 0 Å². The average molecular weight is 258 g/mol. The van der Waals surface area contributed by atoms with Crippen LogP contribution >= 0.6 is 23.4 Å². The van der Waals surface area contributed by atoms with E-state index < -0.39 is 0 Å². The van der Waals surface area contributed by atoms with Gasteiger partial charge in [0.25, 0.3) is 5.91 Å². The summed E-state index contributed by atoms with van der Waals surface area (Å²) in [7, 11) is 0. The largest absolute Gasteiger partial charge is 0.346 e. The number of carbonyl (C=O) groups is 1. The molecule has 1 aromatic rings. The van der Waals surface area contributed by atoms with Crippen LogP contribution in [0.2, 0.25) is 0 Å². The molecule has 16 heavy (non-hydrogen) atoms. The molecule has 1 N–H and O–H groups in total. The van der Waals surface area contributed by atoms with Crippen LogP contribution in [0.25, 0.3) is 0 Å². The third-order valence-electron chi connectivity index (χ3n) is 2.14. The summed E-state index contributed by atoms with van der Waals surface area (Å²) in [6, 6.07) is 7.53. The maximum atomic E-state index is 11.8. The molecule has 2 nitrogen and oxygen atoms in total. The van der Waals surface area contributed by atoms with Crippen molar-refractivity contribution in [2.24, 2.45) is 0 Å². The molecule has 1 rings (SSSR count). The van der Waals surface area contributed by atoms with Crippen molar-refractivity contribution >= 4 is 29.3 Å². The number of halogens is 1. The lowest BCUT2D eigenvalue weighted by Crippen LogP contribution is -2.44. The molecule has 4 heteroatoms. The smallest absolute Gasteiger partial charge is 0.251 e. The van der Waals surface area contributed by atoms with Gasteiger partial charge in [-0.1, -0.05) is 0 Å². The van der Waals surface area contributed by atoms with Crippen LogP contribution in [-0.2, 0) is 0 Å². The Morgan fingerprint density at radius 1 is 1.38 bits per heavy atom. The second kappa shape index (κ2) is 5.60. The minimum atomic E-state index is -0.378. The fourth-order valence-corrected chi connectivity index (χ4v) is 1.63. The Kier molecular flexibility index (Phi) is 4.69. The summed E-state index contributed by atoms with van der Waals surface area (Å²) in [5.41, 5.74) is 0.285. The molecule has 0 spiro atoms. The van der Waals surface area contributed by atoms with E-state index in [2.05, 4.69) is 5.32 Å². The third kappa shape index (κ3) is 3.72. The molecule has 1 aromatic carbocycles. The Morgan fingerprint density at radius 2 is 1.94 bits per heavy atom. The van der Waals surface area contributed by atoms with Crippen LogP contribution in [0, 0.1) is 0 Å². The number of amides is 1. The predicted octanol–water partition coefficient (Wildman–Crippen LogP) is 3.16. The predicted molar refractivity (Wildman–Crippen MR) is 70.5 cm³/mol. The van der Waals surface area contributed by atoms with Crippen molar-refractivity contribution in [2.45, 2.75) is 24.3 Å². The minimum Gasteiger partial charge on any atom is -0.346 e. The Hall–Kier alpha value is -0.670. The van der Waals surface area contributed by atoms with Crippen LogP contribution in [0.3, 0.4) is 0 Å². The number of benzene rings is 1. The van der Waals surface area contributed by atoms with E-state index >= 15 is 0 Å². The van der Waals surface area contributed by atoms with E-state index in [0.717, 1.165) is 4.90 Å². The highest BCUT2D eigenvalue weighted by Crippen LogP contribution is 2.15. The van der Waals surface area contributed by atoms with Gasteiger partial charge in [0.2, 0.25) is 0 Å². The summed E-state index contributed by atoms with van der Waals surface area (Å²) in [5.74, 6) is 0.306. The molecule has 0 aliphatic rings. The van der Waals surface area contributed by atoms with Gasteiger partial charge in [0.1, 0.15) is 0 Å². The Labute approximate surface area is 106 Å². The van der Waals surface area contributed by atoms with Gasteiger partial charge in [-0.25, -0.2) is 0 Å². The minimum absolute atomic E-state index is 0.0849. The van der Waals surface area contributed by atoms with Crippen molar-refractivity contribution in [1.29, 1.82) is 0 Å². The van der Waals surface area contributed by atoms with Crippen molar-refractivity contribution in [3.05, 3.63) is 29.8 Å². The lowest BCUT2D eigenvalue weighted by Gasteiger charge is -2.23. The fourth-order valence-electron chi connectivity index (χ4n) is 1.16. The molecule has 0 aromatic heterocycles. The van der Waals surface area contributed by atoms with E-state index in [1.807, 2.05) is 44.4 Å². The highest BCUT2D eigenvalue weighted by molar-refractivity contribution is 7.98. The number of hydrogen-bond acceptors (Lipinski definition) is 2. The average Bonchev–Trinajstić information content (AvgIpc) is 2.28. The van der Waals surface area contributed by atoms with E-state index in [1.165, 1.54) is 0 Å². The molecule has 0 fully saturated rings. The van der Waals surface area contributed by atoms with Gasteiger partial charge in [-0.15, -0.1) is 23.4 Å². The van der Waals surface area contributed by atoms with Gasteiger partial charge >= 0.3 is 0 Å². The summed E-state index contributed by atoms with van der Waals surface area (Å²) in [4.78, 5) is 13.0. The number of nitrogens with one attached hydrogen (secondary N) is 1. The summed E-state index contributed by atoms with van der Waals surface area (Å²) >= 11 is 7.41. The fraction of sp³-hybridized carbons (Fsp3) is 0.417. The van der Waals surface area contributed by atoms with E-state index in [1.54, 1.807) is 11.8 Å². The summed E-state index contributed by atoms with van der Waals surface area (Å²) in [6.45, 7) is 3.79. The summed E-state index contributed by atoms with van der Waals surface area (Å²) in [6.07, 6.45) is 2.01. The van der Waals surface area contributed by atoms with Crippen molar-refractivity contribution in [3.8, 4) is 0 Å². The molecular weight excluding hydrogens is 242 g/mol. The maximum Gasteiger partial charge on any atom is 0.251 e. The van der Waals surface area contributed by atoms with E-state index in [0.29, 0.717) is 11.4 Å². The molecule has 0 aliphatic heterocycles. The first-order valence-corrected chi connectivity index (χ1v) is 6.77. The van der Waals surface area contributed by atoms with Gasteiger partial charge in [-0.2, -0.15) is 0 Å². The molecule has 0 atom stereocenters. The second-order valence-electron chi connectivity index (χ2n) is 4.20. The first-order chi connectivity index (χ1) is 7.48. The number of rotatable bonds is 4. The van der Waals surface area contributed by atoms with Crippen molar-refractivity contribution in [3.63, 3.8) is 0 Å². The molecule has 0 heterocycles. The highest BCUT2D eigenvalue weighted by atomic mass is 35.5. The van der Waals surface area contributed by atoms with Gasteiger partial charge < -0.3 is 5.32 Å². The first-order valence-electron chi connectivity index (χ1n) is 5.01. The number of carbonyl (C=O) groups excluding carboxylic acids is 1. The molecular formula is C12H16ClNOS. The molecule has 0 aliphatic carbocycles. The molecule has 0 unspecified atom stereocenters. The lowest BCUT2D eigenvalue weighted by atomic mass is 10.1. The van der Waals surface area contributed by atoms with Gasteiger partial charge in [0, 0.05) is 21.9 Å². The molecule has 1 amide bonds. The third-order valence-corrected chi connectivity index (χ3v) is 3.55. The first kappa shape index (κ1) is 13.4. The van der Waals surface area contributed by atoms with Gasteiger partial charge in [0.15, 0.2) is 0 Å². The van der Waals surface area contributed by atoms with Gasteiger partial charge in [-0.05, 0) is 44.4 Å². The standard InChI is InChI=1S/C12H16ClNOS/c1-12(2,8-13)14-11(15)9-4-6-10(16-3)7-5-9/h4-7H,8H2,1-3H3,(H,14,15). The summed E-state index contributed by atoms with van der Waals surface area (Å²) < 4.78 is 0. The van der Waals surface area contributed by atoms with Crippen LogP contribution in [0.15, 0.2) is 29.2 Å². The Bertz CT molecular complexity index is 362. The molecule has 88 valence electrons. The van der Waals surface area contributed by atoms with Gasteiger partial charge in [-0.3, -0.25) is 4.79 Å². The van der Waals surface area contributed by atoms with Crippen LogP contribution in [0.4, 0.5) is 0 Å². The van der Waals surface area contributed by atoms with Crippen LogP contribution in [0.5, 0.6) is 0 Å². The number of hydrogen-bond donors (Lipinski definition) is 1. The zero-order valence-electron chi connectivity index (χ0n) is 9.71. The molecule has 0 bridgehead atoms. The lowest BCUT2D eigenvalue weighted by molar-refractivity contribution is 0.0920. The number of thioether (sulfide) groups is 1. The second-order valence-corrected chi connectivity index (χ2v) is 5.35. The number of alkyl halides is 1. The summed E-state index contributed by atoms with van der Waals surface area (Å²) in [5, 5.41) is 2.88. The van der Waals surface area contributed by atoms with Crippen molar-refractivity contribution in [2.75, 3.05) is 12.1 Å². The molecule has 0 radical (unpaired) electrons. The van der Waals surface area contributed by atoms with Crippen LogP contribution in [0.1, 0.15) is 24.2 Å². The monoisotopic (exact) mass is 257 g/mol. The van der Waals surface area contributed by atoms with Crippen molar-refractivity contribution < 1.29 is 4.79 Å². The SMILES string of the molecule is CSc1ccc(C(=O)NC(C)(C)CCl)cc1. The van der Waals surface area contributed by atoms with E-state index in [9.17, 15) is 4.79 Å². The zero-order valence-corrected chi connectivity index (χ0v) is 11.3. The zero-order chi connectivity index (χ0) is 12.2. The Morgan fingerprint density at radius 3 is 2.38 bits per heavy atom. The van der Waals surface area contributed by atoms with E-state index in [4.69, 9.17) is 11.6 Å². The van der Waals surface area contributed by atoms with E-state index in [-0.39, 0.29) is 11.4 Å². The highest BCUT2D eigenvalue weighted by Gasteiger charge is 2.19. The normalized spacial score (nSPS) is 11.2. The topological polar surface area (TPSA) is 29.1 Å². The molecule has 0 saturated carbocycles. The Balaban J connectivity index is 2.73. The maximum absolute atomic E-state index is 11.8. The van der Waals surface area contributed by atoms with Crippen LogP contribution in [-0.4, -0.2) is 23.6 Å². The quantitative estimate of drug-likeness (QED) is 0.663. The molecule has 0 saturated heterocycles. The van der Waals surface area contributed by atoms with Crippen molar-refractivity contribution in [1.82, 2.24) is 5.32 Å². The van der Waals surface area contributed by atoms with Crippen LogP contribution < -0.4 is 5.32 Å².